The summed E-state index contributed by atoms with van der Waals surface area (Å²) in [5.74, 6) is 0.356. The van der Waals surface area contributed by atoms with Crippen molar-refractivity contribution in [3.63, 3.8) is 0 Å². The van der Waals surface area contributed by atoms with Crippen LogP contribution in [0.15, 0.2) is 48.5 Å². The van der Waals surface area contributed by atoms with Gasteiger partial charge in [-0.15, -0.1) is 0 Å². The first-order chi connectivity index (χ1) is 10.1. The molecule has 21 heavy (non-hydrogen) atoms. The maximum atomic E-state index is 11.3. The number of hydrogen-bond acceptors (Lipinski definition) is 5. The number of benzene rings is 2. The van der Waals surface area contributed by atoms with Crippen LogP contribution in [0.3, 0.4) is 0 Å². The molecule has 0 aromatic heterocycles. The van der Waals surface area contributed by atoms with Crippen LogP contribution in [0.5, 0.6) is 11.5 Å². The molecule has 5 nitrogen and oxygen atoms in total. The Kier molecular flexibility index (Phi) is 4.56. The van der Waals surface area contributed by atoms with E-state index >= 15 is 0 Å². The Labute approximate surface area is 122 Å². The molecule has 0 heterocycles. The minimum Gasteiger partial charge on any atom is -0.465 e. The Bertz CT molecular complexity index is 571. The number of rotatable bonds is 4. The highest BCUT2D eigenvalue weighted by Crippen LogP contribution is 2.22. The lowest BCUT2D eigenvalue weighted by molar-refractivity contribution is 0.0592. The fraction of sp³-hybridized carbons (Fsp3) is 0.125. The van der Waals surface area contributed by atoms with Crippen molar-refractivity contribution < 1.29 is 23.8 Å². The average molecular weight is 286 g/mol. The van der Waals surface area contributed by atoms with E-state index < -0.39 is 11.9 Å². The fourth-order valence-corrected chi connectivity index (χ4v) is 1.69. The molecule has 108 valence electrons. The van der Waals surface area contributed by atoms with Crippen LogP contribution >= 0.6 is 0 Å². The molecule has 0 aliphatic rings. The predicted octanol–water partition coefficient (Wildman–Crippen LogP) is 3.05. The molecule has 0 spiro atoms. The van der Waals surface area contributed by atoms with Crippen LogP contribution in [0.1, 0.15) is 20.7 Å². The summed E-state index contributed by atoms with van der Waals surface area (Å²) >= 11 is 0. The molecular weight excluding hydrogens is 272 g/mol. The van der Waals surface area contributed by atoms with Gasteiger partial charge in [0.05, 0.1) is 25.3 Å². The van der Waals surface area contributed by atoms with E-state index in [9.17, 15) is 9.59 Å². The third-order valence-electron chi connectivity index (χ3n) is 2.79. The number of carbonyl (C=O) groups is 2. The Morgan fingerprint density at radius 3 is 1.29 bits per heavy atom. The van der Waals surface area contributed by atoms with E-state index in [0.29, 0.717) is 22.6 Å². The van der Waals surface area contributed by atoms with Gasteiger partial charge in [-0.2, -0.15) is 0 Å². The quantitative estimate of drug-likeness (QED) is 0.808. The molecular formula is C16H14O5. The molecule has 0 atom stereocenters. The van der Waals surface area contributed by atoms with E-state index in [4.69, 9.17) is 4.74 Å². The van der Waals surface area contributed by atoms with Crippen molar-refractivity contribution in [3.05, 3.63) is 59.7 Å². The standard InChI is InChI=1S/C16H14O5/c1-19-15(17)11-3-7-13(8-4-11)21-14-9-5-12(6-10-14)16(18)20-2/h3-10H,1-2H3. The van der Waals surface area contributed by atoms with Crippen molar-refractivity contribution >= 4 is 11.9 Å². The van der Waals surface area contributed by atoms with Gasteiger partial charge in [0.1, 0.15) is 11.5 Å². The van der Waals surface area contributed by atoms with Gasteiger partial charge in [-0.1, -0.05) is 0 Å². The molecule has 0 saturated carbocycles. The molecule has 0 unspecified atom stereocenters. The highest BCUT2D eigenvalue weighted by Gasteiger charge is 2.07. The average Bonchev–Trinajstić information content (AvgIpc) is 2.55. The van der Waals surface area contributed by atoms with Gasteiger partial charge in [0, 0.05) is 0 Å². The lowest BCUT2D eigenvalue weighted by atomic mass is 10.2. The van der Waals surface area contributed by atoms with Crippen molar-refractivity contribution in [2.75, 3.05) is 14.2 Å². The number of methoxy groups -OCH3 is 2. The summed E-state index contributed by atoms with van der Waals surface area (Å²) in [6, 6.07) is 13.1. The van der Waals surface area contributed by atoms with Crippen LogP contribution in [-0.2, 0) is 9.47 Å². The first-order valence-corrected chi connectivity index (χ1v) is 6.18. The van der Waals surface area contributed by atoms with Crippen molar-refractivity contribution in [1.29, 1.82) is 0 Å². The third kappa shape index (κ3) is 3.60. The largest absolute Gasteiger partial charge is 0.465 e. The minimum absolute atomic E-state index is 0.399. The second-order valence-corrected chi connectivity index (χ2v) is 4.13. The first-order valence-electron chi connectivity index (χ1n) is 6.18. The minimum atomic E-state index is -0.399. The summed E-state index contributed by atoms with van der Waals surface area (Å²) in [6.07, 6.45) is 0. The Morgan fingerprint density at radius 2 is 1.00 bits per heavy atom. The maximum absolute atomic E-state index is 11.3. The SMILES string of the molecule is COC(=O)c1ccc(Oc2ccc(C(=O)OC)cc2)cc1. The van der Waals surface area contributed by atoms with Gasteiger partial charge in [0.25, 0.3) is 0 Å². The monoisotopic (exact) mass is 286 g/mol. The molecule has 0 aliphatic carbocycles. The molecule has 0 N–H and O–H groups in total. The topological polar surface area (TPSA) is 61.8 Å². The highest BCUT2D eigenvalue weighted by atomic mass is 16.5. The molecule has 0 fully saturated rings. The zero-order valence-electron chi connectivity index (χ0n) is 11.7. The van der Waals surface area contributed by atoms with Crippen LogP contribution < -0.4 is 4.74 Å². The molecule has 2 aromatic rings. The third-order valence-corrected chi connectivity index (χ3v) is 2.79. The maximum Gasteiger partial charge on any atom is 0.337 e. The van der Waals surface area contributed by atoms with Crippen LogP contribution in [-0.4, -0.2) is 26.2 Å². The predicted molar refractivity (Wildman–Crippen MR) is 75.6 cm³/mol. The van der Waals surface area contributed by atoms with E-state index in [2.05, 4.69) is 9.47 Å². The van der Waals surface area contributed by atoms with Crippen molar-refractivity contribution in [2.24, 2.45) is 0 Å². The Hall–Kier alpha value is -2.82. The summed E-state index contributed by atoms with van der Waals surface area (Å²) in [6.45, 7) is 0. The van der Waals surface area contributed by atoms with Gasteiger partial charge in [0.2, 0.25) is 0 Å². The molecule has 0 bridgehead atoms. The Balaban J connectivity index is 2.08. The molecule has 0 saturated heterocycles. The Morgan fingerprint density at radius 1 is 0.667 bits per heavy atom. The first kappa shape index (κ1) is 14.6. The number of hydrogen-bond donors (Lipinski definition) is 0. The van der Waals surface area contributed by atoms with Gasteiger partial charge < -0.3 is 14.2 Å². The zero-order chi connectivity index (χ0) is 15.2. The van der Waals surface area contributed by atoms with E-state index in [1.165, 1.54) is 14.2 Å². The zero-order valence-corrected chi connectivity index (χ0v) is 11.7. The van der Waals surface area contributed by atoms with E-state index in [1.807, 2.05) is 0 Å². The van der Waals surface area contributed by atoms with Gasteiger partial charge in [-0.3, -0.25) is 0 Å². The normalized spacial score (nSPS) is 9.81. The summed E-state index contributed by atoms with van der Waals surface area (Å²) in [5, 5.41) is 0. The molecule has 0 radical (unpaired) electrons. The summed E-state index contributed by atoms with van der Waals surface area (Å²) in [7, 11) is 2.66. The summed E-state index contributed by atoms with van der Waals surface area (Å²) in [5.41, 5.74) is 0.900. The van der Waals surface area contributed by atoms with Crippen LogP contribution in [0.2, 0.25) is 0 Å². The van der Waals surface area contributed by atoms with Crippen molar-refractivity contribution in [1.82, 2.24) is 0 Å². The lowest BCUT2D eigenvalue weighted by Crippen LogP contribution is -2.01. The van der Waals surface area contributed by atoms with Crippen molar-refractivity contribution in [3.8, 4) is 11.5 Å². The van der Waals surface area contributed by atoms with Crippen molar-refractivity contribution in [2.45, 2.75) is 0 Å². The lowest BCUT2D eigenvalue weighted by Gasteiger charge is -2.07. The van der Waals surface area contributed by atoms with Crippen LogP contribution in [0, 0.1) is 0 Å². The van der Waals surface area contributed by atoms with Gasteiger partial charge in [-0.25, -0.2) is 9.59 Å². The summed E-state index contributed by atoms with van der Waals surface area (Å²) in [4.78, 5) is 22.6. The van der Waals surface area contributed by atoms with E-state index in [1.54, 1.807) is 48.5 Å². The van der Waals surface area contributed by atoms with Crippen LogP contribution in [0.4, 0.5) is 0 Å². The van der Waals surface area contributed by atoms with E-state index in [-0.39, 0.29) is 0 Å². The highest BCUT2D eigenvalue weighted by molar-refractivity contribution is 5.89. The van der Waals surface area contributed by atoms with Gasteiger partial charge >= 0.3 is 11.9 Å². The van der Waals surface area contributed by atoms with E-state index in [0.717, 1.165) is 0 Å². The molecule has 5 heteroatoms. The number of esters is 2. The molecule has 0 aliphatic heterocycles. The van der Waals surface area contributed by atoms with Gasteiger partial charge in [-0.05, 0) is 48.5 Å². The molecule has 2 rings (SSSR count). The summed E-state index contributed by atoms with van der Waals surface area (Å²) < 4.78 is 14.8. The second-order valence-electron chi connectivity index (χ2n) is 4.13. The van der Waals surface area contributed by atoms with Crippen LogP contribution in [0.25, 0.3) is 0 Å². The number of carbonyl (C=O) groups excluding carboxylic acids is 2. The number of ether oxygens (including phenoxy) is 3. The molecule has 2 aromatic carbocycles. The fourth-order valence-electron chi connectivity index (χ4n) is 1.69. The second kappa shape index (κ2) is 6.56. The molecule has 0 amide bonds. The van der Waals surface area contributed by atoms with Gasteiger partial charge in [0.15, 0.2) is 0 Å². The smallest absolute Gasteiger partial charge is 0.337 e.